The highest BCUT2D eigenvalue weighted by Gasteiger charge is 2.54. The van der Waals surface area contributed by atoms with Crippen molar-refractivity contribution < 1.29 is 27.9 Å². The molecule has 3 unspecified atom stereocenters. The van der Waals surface area contributed by atoms with Crippen LogP contribution in [0.5, 0.6) is 0 Å². The summed E-state index contributed by atoms with van der Waals surface area (Å²) >= 11 is 18.6. The van der Waals surface area contributed by atoms with Gasteiger partial charge in [0.05, 0.1) is 17.5 Å². The lowest BCUT2D eigenvalue weighted by molar-refractivity contribution is -0.169. The van der Waals surface area contributed by atoms with Crippen LogP contribution in [0.2, 0.25) is 15.1 Å². The summed E-state index contributed by atoms with van der Waals surface area (Å²) in [7, 11) is -4.19. The summed E-state index contributed by atoms with van der Waals surface area (Å²) in [6.45, 7) is 3.77. The van der Waals surface area contributed by atoms with Gasteiger partial charge in [0.2, 0.25) is 21.8 Å². The molecule has 2 saturated carbocycles. The molecule has 2 heterocycles. The maximum Gasteiger partial charge on any atom is 0.306 e. The van der Waals surface area contributed by atoms with Gasteiger partial charge in [-0.15, -0.1) is 0 Å². The molecule has 0 aromatic heterocycles. The molecule has 2 aromatic rings. The Kier molecular flexibility index (Phi) is 12.6. The molecule has 0 radical (unpaired) electrons. The average molecular weight is 756 g/mol. The number of hydrogen-bond acceptors (Lipinski definition) is 6. The largest absolute Gasteiger partial charge is 0.481 e. The van der Waals surface area contributed by atoms with Crippen LogP contribution < -0.4 is 5.32 Å². The van der Waals surface area contributed by atoms with E-state index in [2.05, 4.69) is 5.32 Å². The molecule has 6 rings (SSSR count). The minimum atomic E-state index is -4.19. The fourth-order valence-electron chi connectivity index (χ4n) is 7.38. The fourth-order valence-corrected chi connectivity index (χ4v) is 9.84. The van der Waals surface area contributed by atoms with Gasteiger partial charge >= 0.3 is 5.97 Å². The summed E-state index contributed by atoms with van der Waals surface area (Å²) in [6.07, 6.45) is 8.41. The summed E-state index contributed by atoms with van der Waals surface area (Å²) < 4.78 is 29.9. The second kappa shape index (κ2) is 16.3. The van der Waals surface area contributed by atoms with E-state index in [0.717, 1.165) is 63.4 Å². The van der Waals surface area contributed by atoms with E-state index in [4.69, 9.17) is 39.9 Å². The highest BCUT2D eigenvalue weighted by Crippen LogP contribution is 2.35. The predicted molar refractivity (Wildman–Crippen MR) is 190 cm³/mol. The SMILES string of the molecule is CC(C)N1CC2N(C(=O)C(NC3CCCCC3)CN2S(=O)(=O)c2ccc(Cl)cc2Cl)C(Cc2ccc(Cl)cc2)C1=O.O=C(O)C1CCCC1. The molecule has 0 bridgehead atoms. The first-order valence-corrected chi connectivity index (χ1v) is 19.7. The number of rotatable bonds is 8. The smallest absolute Gasteiger partial charge is 0.306 e. The van der Waals surface area contributed by atoms with Crippen LogP contribution in [0.4, 0.5) is 0 Å². The lowest BCUT2D eigenvalue weighted by Crippen LogP contribution is -2.76. The fraction of sp³-hybridized carbons (Fsp3) is 0.571. The van der Waals surface area contributed by atoms with E-state index in [1.807, 2.05) is 26.0 Å². The standard InChI is InChI=1S/C29H35Cl3N4O4S.C6H10O2/c1-18(2)34-17-27-35(41(39,40)26-13-12-21(31)15-23(26)32)16-24(33-22-6-4-3-5-7-22)28(37)36(27)25(29(34)38)14-19-8-10-20(30)11-9-19;7-6(8)5-3-1-2-4-5/h8-13,15,18,22,24-25,27,33H,3-7,14,16-17H2,1-2H3;5H,1-4H2,(H,7,8). The Balaban J connectivity index is 0.000000514. The van der Waals surface area contributed by atoms with Crippen molar-refractivity contribution in [3.05, 3.63) is 63.1 Å². The van der Waals surface area contributed by atoms with Gasteiger partial charge in [0.25, 0.3) is 0 Å². The van der Waals surface area contributed by atoms with Crippen LogP contribution in [0, 0.1) is 5.92 Å². The molecule has 2 aromatic carbocycles. The number of nitrogens with zero attached hydrogens (tertiary/aromatic N) is 3. The molecule has 268 valence electrons. The first-order valence-electron chi connectivity index (χ1n) is 17.1. The van der Waals surface area contributed by atoms with Gasteiger partial charge in [0.15, 0.2) is 0 Å². The van der Waals surface area contributed by atoms with Gasteiger partial charge in [-0.3, -0.25) is 14.4 Å². The van der Waals surface area contributed by atoms with Crippen molar-refractivity contribution in [2.24, 2.45) is 5.92 Å². The van der Waals surface area contributed by atoms with Crippen LogP contribution in [-0.4, -0.2) is 88.8 Å². The first kappa shape index (κ1) is 37.8. The number of carboxylic acids is 1. The molecule has 2 amide bonds. The third kappa shape index (κ3) is 8.73. The molecule has 2 N–H and O–H groups in total. The van der Waals surface area contributed by atoms with Crippen molar-refractivity contribution in [1.29, 1.82) is 0 Å². The average Bonchev–Trinajstić information content (AvgIpc) is 3.61. The third-order valence-corrected chi connectivity index (χ3v) is 12.9. The van der Waals surface area contributed by atoms with Crippen LogP contribution in [-0.2, 0) is 30.8 Å². The minimum Gasteiger partial charge on any atom is -0.481 e. The lowest BCUT2D eigenvalue weighted by Gasteiger charge is -2.54. The van der Waals surface area contributed by atoms with E-state index in [9.17, 15) is 22.8 Å². The number of carboxylic acid groups (broad SMARTS) is 1. The number of fused-ring (bicyclic) bond motifs is 1. The van der Waals surface area contributed by atoms with Gasteiger partial charge in [0.1, 0.15) is 23.1 Å². The summed E-state index contributed by atoms with van der Waals surface area (Å²) in [5.41, 5.74) is 0.822. The zero-order chi connectivity index (χ0) is 35.5. The Morgan fingerprint density at radius 3 is 2.06 bits per heavy atom. The quantitative estimate of drug-likeness (QED) is 0.328. The van der Waals surface area contributed by atoms with Crippen LogP contribution in [0.25, 0.3) is 0 Å². The molecule has 0 spiro atoms. The van der Waals surface area contributed by atoms with Crippen molar-refractivity contribution in [3.63, 3.8) is 0 Å². The van der Waals surface area contributed by atoms with Crippen LogP contribution in [0.15, 0.2) is 47.4 Å². The van der Waals surface area contributed by atoms with Crippen LogP contribution >= 0.6 is 34.8 Å². The second-order valence-electron chi connectivity index (χ2n) is 13.7. The molecular formula is C35H45Cl3N4O6S. The van der Waals surface area contributed by atoms with Crippen LogP contribution in [0.1, 0.15) is 77.2 Å². The number of sulfonamides is 1. The monoisotopic (exact) mass is 754 g/mol. The molecule has 49 heavy (non-hydrogen) atoms. The first-order chi connectivity index (χ1) is 23.3. The molecule has 4 fully saturated rings. The minimum absolute atomic E-state index is 0.00283. The van der Waals surface area contributed by atoms with Crippen molar-refractivity contribution >= 4 is 62.6 Å². The van der Waals surface area contributed by atoms with E-state index in [1.165, 1.54) is 27.4 Å². The molecule has 2 aliphatic heterocycles. The number of benzene rings is 2. The zero-order valence-corrected chi connectivity index (χ0v) is 30.9. The van der Waals surface area contributed by atoms with Gasteiger partial charge in [-0.25, -0.2) is 8.42 Å². The Hall–Kier alpha value is -2.41. The van der Waals surface area contributed by atoms with Crippen molar-refractivity contribution in [3.8, 4) is 0 Å². The molecule has 10 nitrogen and oxygen atoms in total. The number of piperazine rings is 1. The molecule has 2 aliphatic carbocycles. The van der Waals surface area contributed by atoms with Gasteiger partial charge in [-0.2, -0.15) is 4.31 Å². The molecule has 4 aliphatic rings. The number of carbonyl (C=O) groups is 3. The maximum absolute atomic E-state index is 14.3. The summed E-state index contributed by atoms with van der Waals surface area (Å²) in [4.78, 5) is 41.5. The lowest BCUT2D eigenvalue weighted by atomic mass is 9.93. The van der Waals surface area contributed by atoms with E-state index in [0.29, 0.717) is 10.0 Å². The van der Waals surface area contributed by atoms with E-state index >= 15 is 0 Å². The van der Waals surface area contributed by atoms with Gasteiger partial charge in [-0.05, 0) is 75.4 Å². The Bertz CT molecular complexity index is 1610. The summed E-state index contributed by atoms with van der Waals surface area (Å²) in [5.74, 6) is -1.10. The number of amides is 2. The van der Waals surface area contributed by atoms with Crippen molar-refractivity contribution in [2.75, 3.05) is 13.1 Å². The summed E-state index contributed by atoms with van der Waals surface area (Å²) in [5, 5.41) is 12.8. The molecule has 2 saturated heterocycles. The Morgan fingerprint density at radius 2 is 1.49 bits per heavy atom. The van der Waals surface area contributed by atoms with E-state index in [1.54, 1.807) is 17.0 Å². The topological polar surface area (TPSA) is 127 Å². The number of nitrogens with one attached hydrogen (secondary N) is 1. The Morgan fingerprint density at radius 1 is 0.878 bits per heavy atom. The number of carbonyl (C=O) groups excluding carboxylic acids is 2. The highest BCUT2D eigenvalue weighted by atomic mass is 35.5. The summed E-state index contributed by atoms with van der Waals surface area (Å²) in [6, 6.07) is 9.62. The normalized spacial score (nSPS) is 24.2. The maximum atomic E-state index is 14.3. The van der Waals surface area contributed by atoms with E-state index < -0.39 is 34.2 Å². The third-order valence-electron chi connectivity index (χ3n) is 10.0. The number of halogens is 3. The van der Waals surface area contributed by atoms with Gasteiger partial charge in [0, 0.05) is 35.1 Å². The van der Waals surface area contributed by atoms with E-state index in [-0.39, 0.29) is 59.2 Å². The molecular weight excluding hydrogens is 711 g/mol. The van der Waals surface area contributed by atoms with Crippen LogP contribution in [0.3, 0.4) is 0 Å². The van der Waals surface area contributed by atoms with Gasteiger partial charge in [-0.1, -0.05) is 79.0 Å². The number of aliphatic carboxylic acids is 1. The Labute approximate surface area is 304 Å². The second-order valence-corrected chi connectivity index (χ2v) is 16.8. The van der Waals surface area contributed by atoms with Crippen molar-refractivity contribution in [1.82, 2.24) is 19.4 Å². The zero-order valence-electron chi connectivity index (χ0n) is 27.9. The van der Waals surface area contributed by atoms with Crippen molar-refractivity contribution in [2.45, 2.75) is 113 Å². The highest BCUT2D eigenvalue weighted by molar-refractivity contribution is 7.89. The number of hydrogen-bond donors (Lipinski definition) is 2. The predicted octanol–water partition coefficient (Wildman–Crippen LogP) is 6.22. The van der Waals surface area contributed by atoms with Gasteiger partial charge < -0.3 is 20.2 Å². The molecule has 14 heteroatoms. The molecule has 3 atom stereocenters.